The van der Waals surface area contributed by atoms with E-state index in [1.807, 2.05) is 0 Å². The molecule has 0 atom stereocenters. The van der Waals surface area contributed by atoms with Gasteiger partial charge in [-0.1, -0.05) is 12.8 Å². The van der Waals surface area contributed by atoms with Crippen molar-refractivity contribution in [1.29, 1.82) is 0 Å². The van der Waals surface area contributed by atoms with Gasteiger partial charge in [0.1, 0.15) is 0 Å². The van der Waals surface area contributed by atoms with Crippen molar-refractivity contribution in [2.75, 3.05) is 26.4 Å². The molecule has 0 heterocycles. The van der Waals surface area contributed by atoms with Gasteiger partial charge in [-0.15, -0.1) is 0 Å². The Bertz CT molecular complexity index is 386. The summed E-state index contributed by atoms with van der Waals surface area (Å²) in [5, 5.41) is 2.62. The summed E-state index contributed by atoms with van der Waals surface area (Å²) >= 11 is 0. The number of amides is 1. The minimum atomic E-state index is -3.25. The van der Waals surface area contributed by atoms with E-state index in [-0.39, 0.29) is 30.2 Å². The summed E-state index contributed by atoms with van der Waals surface area (Å²) in [7, 11) is -0.295. The standard InChI is InChI=1S/C11H23N3O3S/c1-14(2)18(16,17)8-7-13-10(15)9-11(12)5-3-4-6-11/h3-9,12H2,1-2H3,(H,13,15). The van der Waals surface area contributed by atoms with Gasteiger partial charge < -0.3 is 11.1 Å². The monoisotopic (exact) mass is 277 g/mol. The quantitative estimate of drug-likeness (QED) is 0.694. The third-order valence-corrected chi connectivity index (χ3v) is 5.18. The Morgan fingerprint density at radius 1 is 1.33 bits per heavy atom. The second-order valence-electron chi connectivity index (χ2n) is 5.19. The Labute approximate surface area is 109 Å². The molecule has 1 saturated carbocycles. The zero-order valence-electron chi connectivity index (χ0n) is 11.1. The van der Waals surface area contributed by atoms with Crippen molar-refractivity contribution in [3.8, 4) is 0 Å². The summed E-state index contributed by atoms with van der Waals surface area (Å²) in [5.41, 5.74) is 5.69. The van der Waals surface area contributed by atoms with Crippen molar-refractivity contribution < 1.29 is 13.2 Å². The highest BCUT2D eigenvalue weighted by Gasteiger charge is 2.31. The maximum atomic E-state index is 11.7. The molecule has 0 aliphatic heterocycles. The van der Waals surface area contributed by atoms with E-state index in [1.165, 1.54) is 14.1 Å². The highest BCUT2D eigenvalue weighted by atomic mass is 32.2. The van der Waals surface area contributed by atoms with E-state index in [0.717, 1.165) is 30.0 Å². The van der Waals surface area contributed by atoms with Crippen LogP contribution in [0.1, 0.15) is 32.1 Å². The third-order valence-electron chi connectivity index (χ3n) is 3.35. The fraction of sp³-hybridized carbons (Fsp3) is 0.909. The molecule has 7 heteroatoms. The van der Waals surface area contributed by atoms with Crippen LogP contribution in [0.5, 0.6) is 0 Å². The summed E-state index contributed by atoms with van der Waals surface area (Å²) in [6.45, 7) is 0.134. The lowest BCUT2D eigenvalue weighted by Crippen LogP contribution is -2.43. The summed E-state index contributed by atoms with van der Waals surface area (Å²) in [6.07, 6.45) is 4.17. The SMILES string of the molecule is CN(C)S(=O)(=O)CCNC(=O)CC1(N)CCCC1. The first-order valence-electron chi connectivity index (χ1n) is 6.21. The van der Waals surface area contributed by atoms with Crippen molar-refractivity contribution in [3.05, 3.63) is 0 Å². The number of hydrogen-bond acceptors (Lipinski definition) is 4. The van der Waals surface area contributed by atoms with Crippen molar-refractivity contribution in [2.45, 2.75) is 37.6 Å². The predicted octanol–water partition coefficient (Wildman–Crippen LogP) is -0.344. The maximum absolute atomic E-state index is 11.7. The van der Waals surface area contributed by atoms with E-state index in [4.69, 9.17) is 5.73 Å². The number of sulfonamides is 1. The smallest absolute Gasteiger partial charge is 0.221 e. The lowest BCUT2D eigenvalue weighted by molar-refractivity contribution is -0.122. The van der Waals surface area contributed by atoms with Gasteiger partial charge in [0.05, 0.1) is 5.75 Å². The van der Waals surface area contributed by atoms with E-state index < -0.39 is 10.0 Å². The molecule has 0 unspecified atom stereocenters. The van der Waals surface area contributed by atoms with Crippen LogP contribution in [0.15, 0.2) is 0 Å². The fourth-order valence-corrected chi connectivity index (χ4v) is 2.87. The zero-order valence-corrected chi connectivity index (χ0v) is 11.9. The average molecular weight is 277 g/mol. The molecular weight excluding hydrogens is 254 g/mol. The summed E-state index contributed by atoms with van der Waals surface area (Å²) < 4.78 is 24.1. The van der Waals surface area contributed by atoms with Crippen molar-refractivity contribution in [1.82, 2.24) is 9.62 Å². The molecule has 0 radical (unpaired) electrons. The van der Waals surface area contributed by atoms with Gasteiger partial charge in [0, 0.05) is 32.6 Å². The van der Waals surface area contributed by atoms with Gasteiger partial charge in [-0.3, -0.25) is 4.79 Å². The summed E-state index contributed by atoms with van der Waals surface area (Å²) in [4.78, 5) is 11.7. The highest BCUT2D eigenvalue weighted by Crippen LogP contribution is 2.29. The zero-order chi connectivity index (χ0) is 13.8. The molecule has 1 aliphatic rings. The number of hydrogen-bond donors (Lipinski definition) is 2. The molecule has 1 aliphatic carbocycles. The second kappa shape index (κ2) is 5.99. The van der Waals surface area contributed by atoms with Crippen LogP contribution in [0.25, 0.3) is 0 Å². The number of nitrogens with zero attached hydrogens (tertiary/aromatic N) is 1. The molecule has 0 aromatic heterocycles. The lowest BCUT2D eigenvalue weighted by atomic mass is 9.94. The van der Waals surface area contributed by atoms with Crippen LogP contribution in [-0.2, 0) is 14.8 Å². The molecular formula is C11H23N3O3S. The third kappa shape index (κ3) is 4.55. The van der Waals surface area contributed by atoms with Crippen molar-refractivity contribution >= 4 is 15.9 Å². The molecule has 1 fully saturated rings. The minimum Gasteiger partial charge on any atom is -0.355 e. The van der Waals surface area contributed by atoms with E-state index >= 15 is 0 Å². The van der Waals surface area contributed by atoms with E-state index in [2.05, 4.69) is 5.32 Å². The van der Waals surface area contributed by atoms with Crippen LogP contribution >= 0.6 is 0 Å². The Morgan fingerprint density at radius 2 is 1.89 bits per heavy atom. The first-order chi connectivity index (χ1) is 8.25. The average Bonchev–Trinajstić information content (AvgIpc) is 2.64. The van der Waals surface area contributed by atoms with Gasteiger partial charge in [0.25, 0.3) is 0 Å². The molecule has 106 valence electrons. The number of nitrogens with two attached hydrogens (primary N) is 1. The van der Waals surface area contributed by atoms with Gasteiger partial charge >= 0.3 is 0 Å². The molecule has 3 N–H and O–H groups in total. The summed E-state index contributed by atoms with van der Waals surface area (Å²) in [5.74, 6) is -0.239. The van der Waals surface area contributed by atoms with Gasteiger partial charge in [-0.2, -0.15) is 0 Å². The van der Waals surface area contributed by atoms with Crippen LogP contribution in [0.3, 0.4) is 0 Å². The lowest BCUT2D eigenvalue weighted by Gasteiger charge is -2.22. The van der Waals surface area contributed by atoms with Crippen LogP contribution in [-0.4, -0.2) is 50.6 Å². The molecule has 0 spiro atoms. The highest BCUT2D eigenvalue weighted by molar-refractivity contribution is 7.89. The van der Waals surface area contributed by atoms with Crippen LogP contribution < -0.4 is 11.1 Å². The first-order valence-corrected chi connectivity index (χ1v) is 7.82. The molecule has 18 heavy (non-hydrogen) atoms. The van der Waals surface area contributed by atoms with Crippen LogP contribution in [0, 0.1) is 0 Å². The van der Waals surface area contributed by atoms with Gasteiger partial charge in [-0.05, 0) is 12.8 Å². The van der Waals surface area contributed by atoms with E-state index in [1.54, 1.807) is 0 Å². The molecule has 0 saturated heterocycles. The molecule has 1 amide bonds. The van der Waals surface area contributed by atoms with Crippen LogP contribution in [0.2, 0.25) is 0 Å². The Balaban J connectivity index is 2.30. The van der Waals surface area contributed by atoms with Crippen molar-refractivity contribution in [2.24, 2.45) is 5.73 Å². The normalized spacial score (nSPS) is 19.1. The minimum absolute atomic E-state index is 0.0800. The van der Waals surface area contributed by atoms with Gasteiger partial charge in [0.15, 0.2) is 0 Å². The van der Waals surface area contributed by atoms with E-state index in [0.29, 0.717) is 0 Å². The molecule has 6 nitrogen and oxygen atoms in total. The number of rotatable bonds is 6. The Morgan fingerprint density at radius 3 is 2.39 bits per heavy atom. The van der Waals surface area contributed by atoms with Gasteiger partial charge in [0.2, 0.25) is 15.9 Å². The number of carbonyl (C=O) groups is 1. The van der Waals surface area contributed by atoms with Gasteiger partial charge in [-0.25, -0.2) is 12.7 Å². The summed E-state index contributed by atoms with van der Waals surface area (Å²) in [6, 6.07) is 0. The van der Waals surface area contributed by atoms with Crippen molar-refractivity contribution in [3.63, 3.8) is 0 Å². The largest absolute Gasteiger partial charge is 0.355 e. The fourth-order valence-electron chi connectivity index (χ4n) is 2.14. The molecule has 1 rings (SSSR count). The van der Waals surface area contributed by atoms with E-state index in [9.17, 15) is 13.2 Å². The first kappa shape index (κ1) is 15.4. The predicted molar refractivity (Wildman–Crippen MR) is 70.5 cm³/mol. The Kier molecular flexibility index (Phi) is 5.12. The Hall–Kier alpha value is -0.660. The topological polar surface area (TPSA) is 92.5 Å². The molecule has 0 bridgehead atoms. The second-order valence-corrected chi connectivity index (χ2v) is 7.50. The maximum Gasteiger partial charge on any atom is 0.221 e. The molecule has 0 aromatic rings. The molecule has 0 aromatic carbocycles. The number of carbonyl (C=O) groups excluding carboxylic acids is 1. The number of nitrogens with one attached hydrogen (secondary N) is 1. The van der Waals surface area contributed by atoms with Crippen LogP contribution in [0.4, 0.5) is 0 Å².